The Morgan fingerprint density at radius 2 is 1.90 bits per heavy atom. The van der Waals surface area contributed by atoms with Crippen LogP contribution in [-0.4, -0.2) is 22.0 Å². The van der Waals surface area contributed by atoms with E-state index in [4.69, 9.17) is 4.74 Å². The van der Waals surface area contributed by atoms with E-state index in [0.29, 0.717) is 12.2 Å². The molecule has 0 bridgehead atoms. The second-order valence-corrected chi connectivity index (χ2v) is 6.93. The molecule has 0 radical (unpaired) electrons. The van der Waals surface area contributed by atoms with Crippen molar-refractivity contribution in [2.45, 2.75) is 12.5 Å². The van der Waals surface area contributed by atoms with Gasteiger partial charge in [0, 0.05) is 36.1 Å². The summed E-state index contributed by atoms with van der Waals surface area (Å²) in [6.45, 7) is 0. The fraction of sp³-hybridized carbons (Fsp3) is 0.0870. The molecule has 5 rings (SSSR count). The summed E-state index contributed by atoms with van der Waals surface area (Å²) in [4.78, 5) is 31.7. The summed E-state index contributed by atoms with van der Waals surface area (Å²) >= 11 is 0. The number of carbonyl (C=O) groups is 1. The van der Waals surface area contributed by atoms with Crippen molar-refractivity contribution in [1.82, 2.24) is 9.97 Å². The topological polar surface area (TPSA) is 84.1 Å². The summed E-state index contributed by atoms with van der Waals surface area (Å²) in [5, 5.41) is 4.91. The Labute approximate surface area is 166 Å². The van der Waals surface area contributed by atoms with Gasteiger partial charge in [0.2, 0.25) is 0 Å². The van der Waals surface area contributed by atoms with E-state index in [1.54, 1.807) is 24.7 Å². The lowest BCUT2D eigenvalue weighted by Gasteiger charge is -2.11. The second-order valence-electron chi connectivity index (χ2n) is 6.93. The molecule has 142 valence electrons. The molecular weight excluding hydrogens is 366 g/mol. The van der Waals surface area contributed by atoms with Gasteiger partial charge in [-0.1, -0.05) is 30.3 Å². The van der Waals surface area contributed by atoms with Crippen molar-refractivity contribution in [1.29, 1.82) is 0 Å². The monoisotopic (exact) mass is 383 g/mol. The van der Waals surface area contributed by atoms with Crippen molar-refractivity contribution >= 4 is 22.4 Å². The van der Waals surface area contributed by atoms with E-state index in [9.17, 15) is 9.59 Å². The maximum atomic E-state index is 12.8. The number of rotatable bonds is 3. The number of aromatic nitrogens is 2. The third-order valence-corrected chi connectivity index (χ3v) is 5.12. The fourth-order valence-corrected chi connectivity index (χ4v) is 3.66. The van der Waals surface area contributed by atoms with Gasteiger partial charge in [-0.2, -0.15) is 0 Å². The molecule has 0 saturated heterocycles. The third kappa shape index (κ3) is 3.14. The van der Waals surface area contributed by atoms with Crippen LogP contribution < -0.4 is 15.6 Å². The van der Waals surface area contributed by atoms with Crippen LogP contribution in [0.15, 0.2) is 78.0 Å². The highest BCUT2D eigenvalue weighted by Crippen LogP contribution is 2.35. The van der Waals surface area contributed by atoms with Gasteiger partial charge in [0.25, 0.3) is 11.5 Å². The molecule has 29 heavy (non-hydrogen) atoms. The average molecular weight is 383 g/mol. The van der Waals surface area contributed by atoms with Crippen molar-refractivity contribution < 1.29 is 9.53 Å². The molecular formula is C23H17N3O3. The SMILES string of the molecule is O=C(Nc1cc(-c2ccncc2)c[nH]c1=O)C1Cc2c(ccc3ccccc23)O1. The number of hydrogen-bond donors (Lipinski definition) is 2. The maximum absolute atomic E-state index is 12.8. The molecule has 0 spiro atoms. The number of amides is 1. The Kier molecular flexibility index (Phi) is 4.09. The molecule has 0 saturated carbocycles. The molecule has 1 atom stereocenters. The van der Waals surface area contributed by atoms with Gasteiger partial charge in [-0.15, -0.1) is 0 Å². The smallest absolute Gasteiger partial charge is 0.271 e. The van der Waals surface area contributed by atoms with Crippen LogP contribution in [0.2, 0.25) is 0 Å². The molecule has 0 fully saturated rings. The Hall–Kier alpha value is -3.93. The minimum absolute atomic E-state index is 0.189. The molecule has 1 aliphatic heterocycles. The lowest BCUT2D eigenvalue weighted by molar-refractivity contribution is -0.122. The molecule has 4 aromatic rings. The van der Waals surface area contributed by atoms with Crippen LogP contribution in [0.3, 0.4) is 0 Å². The lowest BCUT2D eigenvalue weighted by Crippen LogP contribution is -2.33. The Morgan fingerprint density at radius 1 is 1.07 bits per heavy atom. The van der Waals surface area contributed by atoms with Crippen LogP contribution in [0.25, 0.3) is 21.9 Å². The van der Waals surface area contributed by atoms with Crippen LogP contribution in [0, 0.1) is 0 Å². The summed E-state index contributed by atoms with van der Waals surface area (Å²) in [5.41, 5.74) is 2.51. The first-order valence-corrected chi connectivity index (χ1v) is 9.30. The van der Waals surface area contributed by atoms with E-state index in [-0.39, 0.29) is 17.2 Å². The van der Waals surface area contributed by atoms with Crippen LogP contribution in [0.1, 0.15) is 5.56 Å². The molecule has 1 unspecified atom stereocenters. The lowest BCUT2D eigenvalue weighted by atomic mass is 10.0. The van der Waals surface area contributed by atoms with Gasteiger partial charge in [-0.25, -0.2) is 0 Å². The van der Waals surface area contributed by atoms with Crippen LogP contribution >= 0.6 is 0 Å². The number of pyridine rings is 2. The van der Waals surface area contributed by atoms with Crippen molar-refractivity contribution in [2.75, 3.05) is 5.32 Å². The number of benzene rings is 2. The minimum Gasteiger partial charge on any atom is -0.480 e. The first-order valence-electron chi connectivity index (χ1n) is 9.30. The van der Waals surface area contributed by atoms with Gasteiger partial charge in [0.1, 0.15) is 11.4 Å². The highest BCUT2D eigenvalue weighted by Gasteiger charge is 2.30. The first-order chi connectivity index (χ1) is 14.2. The normalized spacial score (nSPS) is 15.0. The van der Waals surface area contributed by atoms with Gasteiger partial charge < -0.3 is 15.0 Å². The molecule has 0 aliphatic carbocycles. The number of fused-ring (bicyclic) bond motifs is 3. The summed E-state index contributed by atoms with van der Waals surface area (Å²) in [7, 11) is 0. The standard InChI is InChI=1S/C23H17N3O3/c27-22-19(11-16(13-25-22)14-7-9-24-10-8-14)26-23(28)21-12-18-17-4-2-1-3-15(17)5-6-20(18)29-21/h1-11,13,21H,12H2,(H,25,27)(H,26,28). The van der Waals surface area contributed by atoms with E-state index >= 15 is 0 Å². The summed E-state index contributed by atoms with van der Waals surface area (Å²) < 4.78 is 5.87. The third-order valence-electron chi connectivity index (χ3n) is 5.12. The second kappa shape index (κ2) is 6.91. The Morgan fingerprint density at radius 3 is 2.76 bits per heavy atom. The number of H-pyrrole nitrogens is 1. The summed E-state index contributed by atoms with van der Waals surface area (Å²) in [6.07, 6.45) is 4.74. The minimum atomic E-state index is -0.681. The average Bonchev–Trinajstić information content (AvgIpc) is 3.21. The summed E-state index contributed by atoms with van der Waals surface area (Å²) in [6, 6.07) is 17.2. The molecule has 1 aliphatic rings. The molecule has 6 nitrogen and oxygen atoms in total. The maximum Gasteiger partial charge on any atom is 0.271 e. The van der Waals surface area contributed by atoms with Crippen molar-refractivity contribution in [3.63, 3.8) is 0 Å². The van der Waals surface area contributed by atoms with E-state index < -0.39 is 6.10 Å². The number of ether oxygens (including phenoxy) is 1. The number of hydrogen-bond acceptors (Lipinski definition) is 4. The Bertz CT molecular complexity index is 1280. The number of anilines is 1. The van der Waals surface area contributed by atoms with Gasteiger partial charge in [0.15, 0.2) is 6.10 Å². The zero-order valence-electron chi connectivity index (χ0n) is 15.4. The van der Waals surface area contributed by atoms with Gasteiger partial charge >= 0.3 is 0 Å². The molecule has 2 aromatic carbocycles. The number of carbonyl (C=O) groups excluding carboxylic acids is 1. The van der Waals surface area contributed by atoms with Crippen LogP contribution in [0.5, 0.6) is 5.75 Å². The fourth-order valence-electron chi connectivity index (χ4n) is 3.66. The predicted molar refractivity (Wildman–Crippen MR) is 111 cm³/mol. The first kappa shape index (κ1) is 17.2. The Balaban J connectivity index is 1.40. The molecule has 2 N–H and O–H groups in total. The molecule has 1 amide bonds. The number of aromatic amines is 1. The predicted octanol–water partition coefficient (Wildman–Crippen LogP) is 3.53. The quantitative estimate of drug-likeness (QED) is 0.567. The summed E-state index contributed by atoms with van der Waals surface area (Å²) in [5.74, 6) is 0.367. The van der Waals surface area contributed by atoms with Gasteiger partial charge in [-0.05, 0) is 40.6 Å². The molecule has 6 heteroatoms. The van der Waals surface area contributed by atoms with E-state index in [1.165, 1.54) is 0 Å². The van der Waals surface area contributed by atoms with Crippen molar-refractivity contribution in [3.8, 4) is 16.9 Å². The number of nitrogens with zero attached hydrogens (tertiary/aromatic N) is 1. The highest BCUT2D eigenvalue weighted by molar-refractivity contribution is 5.97. The van der Waals surface area contributed by atoms with E-state index in [1.807, 2.05) is 48.5 Å². The van der Waals surface area contributed by atoms with E-state index in [0.717, 1.165) is 27.5 Å². The zero-order valence-corrected chi connectivity index (χ0v) is 15.4. The van der Waals surface area contributed by atoms with Gasteiger partial charge in [0.05, 0.1) is 0 Å². The van der Waals surface area contributed by atoms with Crippen LogP contribution in [-0.2, 0) is 11.2 Å². The van der Waals surface area contributed by atoms with E-state index in [2.05, 4.69) is 15.3 Å². The largest absolute Gasteiger partial charge is 0.480 e. The van der Waals surface area contributed by atoms with Crippen LogP contribution in [0.4, 0.5) is 5.69 Å². The zero-order chi connectivity index (χ0) is 19.8. The highest BCUT2D eigenvalue weighted by atomic mass is 16.5. The van der Waals surface area contributed by atoms with Crippen molar-refractivity contribution in [3.05, 3.63) is 89.1 Å². The van der Waals surface area contributed by atoms with Gasteiger partial charge in [-0.3, -0.25) is 14.6 Å². The molecule has 2 aromatic heterocycles. The molecule has 3 heterocycles. The number of nitrogens with one attached hydrogen (secondary N) is 2. The van der Waals surface area contributed by atoms with Crippen molar-refractivity contribution in [2.24, 2.45) is 0 Å².